The number of aliphatic hydroxyl groups is 6. The molecular formula is C56H80N6O10. The van der Waals surface area contributed by atoms with Crippen molar-refractivity contribution in [3.63, 3.8) is 0 Å². The second kappa shape index (κ2) is 25.9. The molecule has 16 nitrogen and oxygen atoms in total. The molecule has 2 saturated heterocycles. The van der Waals surface area contributed by atoms with Gasteiger partial charge in [0, 0.05) is 78.9 Å². The van der Waals surface area contributed by atoms with Gasteiger partial charge >= 0.3 is 0 Å². The lowest BCUT2D eigenvalue weighted by atomic mass is 9.86. The van der Waals surface area contributed by atoms with Crippen LogP contribution in [0.3, 0.4) is 0 Å². The highest BCUT2D eigenvalue weighted by Crippen LogP contribution is 2.46. The van der Waals surface area contributed by atoms with Gasteiger partial charge in [-0.25, -0.2) is 15.0 Å². The first-order chi connectivity index (χ1) is 34.8. The third-order valence-corrected chi connectivity index (χ3v) is 15.4. The van der Waals surface area contributed by atoms with Crippen LogP contribution in [0.15, 0.2) is 106 Å². The van der Waals surface area contributed by atoms with Gasteiger partial charge in [-0.15, -0.1) is 0 Å². The summed E-state index contributed by atoms with van der Waals surface area (Å²) in [5, 5.41) is 71.0. The van der Waals surface area contributed by atoms with Gasteiger partial charge in [0.05, 0.1) is 47.4 Å². The van der Waals surface area contributed by atoms with E-state index in [-0.39, 0.29) is 30.3 Å². The third kappa shape index (κ3) is 12.9. The number of carbonyl (C=O) groups excluding carboxylic acids is 2. The van der Waals surface area contributed by atoms with Crippen LogP contribution in [0, 0.1) is 11.8 Å². The SMILES string of the molecule is CCC1=C(C)C2=NC1=CC1=C(C)C3=C(O)CC(=C4NC(=CC5=NC(=C2)C(CO)=C5C)[C@@H](C)[C@@H]4CCC(=O)NCCCCCCCCCCCC(=O)NCCCCCCO[C@@H]2O[C@H](CO)[C@H](O)[C@H](O)[C@H]2O)C3=N1. The number of nitrogens with zero attached hydrogens (tertiary/aromatic N) is 3. The second-order valence-electron chi connectivity index (χ2n) is 20.4. The van der Waals surface area contributed by atoms with Gasteiger partial charge in [0.25, 0.3) is 0 Å². The highest BCUT2D eigenvalue weighted by molar-refractivity contribution is 6.21. The fourth-order valence-corrected chi connectivity index (χ4v) is 10.9. The number of aliphatic hydroxyl groups excluding tert-OH is 6. The number of ether oxygens (including phenoxy) is 2. The molecule has 6 aliphatic heterocycles. The highest BCUT2D eigenvalue weighted by atomic mass is 16.7. The van der Waals surface area contributed by atoms with E-state index in [1.165, 1.54) is 6.42 Å². The van der Waals surface area contributed by atoms with Crippen molar-refractivity contribution in [2.45, 2.75) is 181 Å². The normalized spacial score (nSPS) is 25.8. The zero-order chi connectivity index (χ0) is 51.5. The molecule has 0 aromatic heterocycles. The third-order valence-electron chi connectivity index (χ3n) is 15.4. The van der Waals surface area contributed by atoms with Crippen LogP contribution in [0.5, 0.6) is 0 Å². The van der Waals surface area contributed by atoms with Crippen molar-refractivity contribution in [1.82, 2.24) is 16.0 Å². The number of unbranched alkanes of at least 4 members (excludes halogenated alkanes) is 11. The molecule has 6 heterocycles. The Hall–Kier alpha value is -4.81. The van der Waals surface area contributed by atoms with E-state index in [0.29, 0.717) is 63.3 Å². The van der Waals surface area contributed by atoms with E-state index < -0.39 is 37.3 Å². The molecule has 2 fully saturated rings. The quantitative estimate of drug-likeness (QED) is 0.0402. The molecule has 7 aliphatic rings. The van der Waals surface area contributed by atoms with Gasteiger partial charge in [-0.05, 0) is 99.8 Å². The summed E-state index contributed by atoms with van der Waals surface area (Å²) in [4.78, 5) is 40.9. The number of fused-ring (bicyclic) bond motifs is 5. The molecular weight excluding hydrogens is 917 g/mol. The van der Waals surface area contributed by atoms with Gasteiger partial charge in [0.1, 0.15) is 30.2 Å². The molecule has 1 aliphatic carbocycles. The van der Waals surface area contributed by atoms with Crippen LogP contribution in [-0.2, 0) is 19.1 Å². The van der Waals surface area contributed by atoms with Crippen molar-refractivity contribution in [2.24, 2.45) is 26.8 Å². The lowest BCUT2D eigenvalue weighted by Crippen LogP contribution is -2.59. The summed E-state index contributed by atoms with van der Waals surface area (Å²) in [6, 6.07) is 0. The Bertz CT molecular complexity index is 2400. The average Bonchev–Trinajstić information content (AvgIpc) is 4.13. The van der Waals surface area contributed by atoms with Crippen molar-refractivity contribution in [1.29, 1.82) is 0 Å². The topological polar surface area (TPSA) is 247 Å². The van der Waals surface area contributed by atoms with Gasteiger partial charge in [-0.3, -0.25) is 9.59 Å². The Balaban J connectivity index is 0.783. The van der Waals surface area contributed by atoms with E-state index in [9.17, 15) is 40.2 Å². The van der Waals surface area contributed by atoms with Crippen LogP contribution in [0.4, 0.5) is 0 Å². The maximum absolute atomic E-state index is 13.3. The summed E-state index contributed by atoms with van der Waals surface area (Å²) >= 11 is 0. The summed E-state index contributed by atoms with van der Waals surface area (Å²) in [7, 11) is 0. The Morgan fingerprint density at radius 1 is 0.736 bits per heavy atom. The minimum Gasteiger partial charge on any atom is -0.511 e. The van der Waals surface area contributed by atoms with E-state index in [1.54, 1.807) is 0 Å². The zero-order valence-corrected chi connectivity index (χ0v) is 43.2. The zero-order valence-electron chi connectivity index (χ0n) is 43.2. The molecule has 9 N–H and O–H groups in total. The first-order valence-electron chi connectivity index (χ1n) is 26.8. The van der Waals surface area contributed by atoms with Crippen molar-refractivity contribution in [3.05, 3.63) is 91.5 Å². The maximum atomic E-state index is 13.3. The standard InChI is InChI=1S/C56H80N6O10/c1-6-36-32(2)41-28-45-39(30-63)34(4)40(60-45)27-42-33(3)37(51(61-42)38-26-46(65)50-35(5)43(62-52(38)50)29-44(36)59-41)21-22-49(67)58-24-17-13-11-9-7-8-10-12-16-20-48(66)57-23-18-14-15-19-25-71-56-55(70)54(69)53(68)47(31-64)72-56/h27-29,33,37,47,53-56,61,63-65,68-70H,6-26,30-31H2,1-5H3,(H,57,66)(H,58,67)/t33-,37-,47+,53-,54-,55+,56+/m0/s1. The number of nitrogens with one attached hydrogen (secondary N) is 3. The van der Waals surface area contributed by atoms with Gasteiger partial charge < -0.3 is 56.1 Å². The van der Waals surface area contributed by atoms with E-state index in [1.807, 2.05) is 26.0 Å². The van der Waals surface area contributed by atoms with Crippen LogP contribution in [0.25, 0.3) is 0 Å². The van der Waals surface area contributed by atoms with Gasteiger partial charge in [0.2, 0.25) is 11.8 Å². The van der Waals surface area contributed by atoms with Crippen LogP contribution in [0.2, 0.25) is 0 Å². The minimum atomic E-state index is -1.45. The molecule has 0 unspecified atom stereocenters. The Morgan fingerprint density at radius 3 is 1.99 bits per heavy atom. The molecule has 0 spiro atoms. The number of amides is 2. The molecule has 72 heavy (non-hydrogen) atoms. The summed E-state index contributed by atoms with van der Waals surface area (Å²) in [6.07, 6.45) is 15.5. The Morgan fingerprint density at radius 2 is 1.33 bits per heavy atom. The lowest BCUT2D eigenvalue weighted by Gasteiger charge is -2.39. The van der Waals surface area contributed by atoms with Crippen molar-refractivity contribution in [2.75, 3.05) is 32.9 Å². The fraction of sp³-hybridized carbons (Fsp3) is 0.625. The number of hydrogen-bond acceptors (Lipinski definition) is 14. The minimum absolute atomic E-state index is 0.0136. The Kier molecular flexibility index (Phi) is 19.8. The molecule has 7 rings (SSSR count). The number of rotatable bonds is 26. The van der Waals surface area contributed by atoms with E-state index in [4.69, 9.17) is 24.5 Å². The Labute approximate surface area is 425 Å². The molecule has 2 amide bonds. The molecule has 16 heteroatoms. The number of hydrogen-bond donors (Lipinski definition) is 9. The number of carbonyl (C=O) groups is 2. The first kappa shape index (κ1) is 55.0. The molecule has 7 atom stereocenters. The van der Waals surface area contributed by atoms with Crippen LogP contribution in [0.1, 0.15) is 150 Å². The summed E-state index contributed by atoms with van der Waals surface area (Å²) in [6.45, 7) is 11.4. The molecule has 0 aromatic rings. The summed E-state index contributed by atoms with van der Waals surface area (Å²) in [5.74, 6) is 0.454. The highest BCUT2D eigenvalue weighted by Gasteiger charge is 2.44. The van der Waals surface area contributed by atoms with Crippen molar-refractivity contribution >= 4 is 28.9 Å². The number of aliphatic imine (C=N–C) groups is 3. The summed E-state index contributed by atoms with van der Waals surface area (Å²) < 4.78 is 10.9. The van der Waals surface area contributed by atoms with Gasteiger partial charge in [0.15, 0.2) is 6.29 Å². The lowest BCUT2D eigenvalue weighted by molar-refractivity contribution is -0.301. The maximum Gasteiger partial charge on any atom is 0.220 e. The van der Waals surface area contributed by atoms with Crippen molar-refractivity contribution < 1.29 is 49.7 Å². The monoisotopic (exact) mass is 997 g/mol. The van der Waals surface area contributed by atoms with Gasteiger partial charge in [-0.1, -0.05) is 71.6 Å². The van der Waals surface area contributed by atoms with Crippen LogP contribution < -0.4 is 16.0 Å². The predicted molar refractivity (Wildman–Crippen MR) is 279 cm³/mol. The van der Waals surface area contributed by atoms with Crippen LogP contribution in [-0.4, -0.2) is 123 Å². The molecule has 394 valence electrons. The van der Waals surface area contributed by atoms with E-state index >= 15 is 0 Å². The van der Waals surface area contributed by atoms with Crippen molar-refractivity contribution in [3.8, 4) is 0 Å². The fourth-order valence-electron chi connectivity index (χ4n) is 10.9. The molecule has 8 bridgehead atoms. The molecule has 0 radical (unpaired) electrons. The summed E-state index contributed by atoms with van der Waals surface area (Å²) in [5.41, 5.74) is 13.3. The van der Waals surface area contributed by atoms with E-state index in [2.05, 4.69) is 42.8 Å². The smallest absolute Gasteiger partial charge is 0.220 e. The largest absolute Gasteiger partial charge is 0.511 e. The average molecular weight is 997 g/mol. The number of allylic oxidation sites excluding steroid dienone is 11. The second-order valence-corrected chi connectivity index (χ2v) is 20.4. The van der Waals surface area contributed by atoms with E-state index in [0.717, 1.165) is 156 Å². The first-order valence-corrected chi connectivity index (χ1v) is 26.8. The molecule has 0 aromatic carbocycles. The predicted octanol–water partition coefficient (Wildman–Crippen LogP) is 6.94. The van der Waals surface area contributed by atoms with Crippen LogP contribution >= 0.6 is 0 Å². The van der Waals surface area contributed by atoms with Gasteiger partial charge in [-0.2, -0.15) is 0 Å². The molecule has 0 saturated carbocycles.